The summed E-state index contributed by atoms with van der Waals surface area (Å²) in [6.07, 6.45) is 2.62. The Morgan fingerprint density at radius 1 is 1.38 bits per heavy atom. The number of hydrogen-bond donors (Lipinski definition) is 1. The molecule has 1 aromatic heterocycles. The maximum atomic E-state index is 5.28. The minimum atomic E-state index is 0.257. The van der Waals surface area contributed by atoms with E-state index in [-0.39, 0.29) is 5.41 Å². The van der Waals surface area contributed by atoms with Gasteiger partial charge in [0.05, 0.1) is 6.61 Å². The summed E-state index contributed by atoms with van der Waals surface area (Å²) in [5.41, 5.74) is 0.257. The Bertz CT molecular complexity index is 419. The van der Waals surface area contributed by atoms with Crippen LogP contribution < -0.4 is 5.32 Å². The van der Waals surface area contributed by atoms with Crippen molar-refractivity contribution in [1.29, 1.82) is 0 Å². The quantitative estimate of drug-likeness (QED) is 0.837. The van der Waals surface area contributed by atoms with Crippen molar-refractivity contribution in [2.75, 3.05) is 33.4 Å². The van der Waals surface area contributed by atoms with Gasteiger partial charge in [0.1, 0.15) is 0 Å². The standard InChI is InChI=1S/C17H30N2OS/c1-17(2,3)16-8-7-15(21-16)13-19(10-11-20-4)12-14-6-5-9-18-14/h7-8,14,18H,5-6,9-13H2,1-4H3. The van der Waals surface area contributed by atoms with Gasteiger partial charge in [-0.25, -0.2) is 0 Å². The second-order valence-electron chi connectivity index (χ2n) is 7.04. The maximum Gasteiger partial charge on any atom is 0.0589 e. The molecule has 1 saturated heterocycles. The van der Waals surface area contributed by atoms with Crippen LogP contribution in [-0.2, 0) is 16.7 Å². The molecule has 0 aromatic carbocycles. The number of thiophene rings is 1. The summed E-state index contributed by atoms with van der Waals surface area (Å²) in [4.78, 5) is 5.47. The zero-order valence-corrected chi connectivity index (χ0v) is 14.8. The summed E-state index contributed by atoms with van der Waals surface area (Å²) in [6, 6.07) is 5.25. The number of rotatable bonds is 7. The summed E-state index contributed by atoms with van der Waals surface area (Å²) < 4.78 is 5.28. The molecule has 2 heterocycles. The van der Waals surface area contributed by atoms with E-state index in [2.05, 4.69) is 43.1 Å². The Morgan fingerprint density at radius 3 is 2.76 bits per heavy atom. The van der Waals surface area contributed by atoms with E-state index >= 15 is 0 Å². The van der Waals surface area contributed by atoms with E-state index in [0.29, 0.717) is 6.04 Å². The average Bonchev–Trinajstić information content (AvgIpc) is 3.06. The molecule has 1 N–H and O–H groups in total. The molecule has 2 rings (SSSR count). The van der Waals surface area contributed by atoms with Crippen LogP contribution in [0.15, 0.2) is 12.1 Å². The van der Waals surface area contributed by atoms with Crippen molar-refractivity contribution in [3.8, 4) is 0 Å². The molecule has 1 atom stereocenters. The van der Waals surface area contributed by atoms with Crippen LogP contribution in [0.4, 0.5) is 0 Å². The van der Waals surface area contributed by atoms with E-state index in [1.807, 2.05) is 11.3 Å². The molecule has 120 valence electrons. The lowest BCUT2D eigenvalue weighted by molar-refractivity contribution is 0.139. The Hall–Kier alpha value is -0.420. The largest absolute Gasteiger partial charge is 0.383 e. The highest BCUT2D eigenvalue weighted by atomic mass is 32.1. The monoisotopic (exact) mass is 310 g/mol. The summed E-state index contributed by atoms with van der Waals surface area (Å²) >= 11 is 1.96. The predicted octanol–water partition coefficient (Wildman–Crippen LogP) is 3.25. The fraction of sp³-hybridized carbons (Fsp3) is 0.765. The van der Waals surface area contributed by atoms with Gasteiger partial charge in [0.2, 0.25) is 0 Å². The van der Waals surface area contributed by atoms with Crippen molar-refractivity contribution in [3.63, 3.8) is 0 Å². The zero-order valence-electron chi connectivity index (χ0n) is 13.9. The second kappa shape index (κ2) is 7.73. The Morgan fingerprint density at radius 2 is 2.19 bits per heavy atom. The van der Waals surface area contributed by atoms with E-state index < -0.39 is 0 Å². The molecule has 21 heavy (non-hydrogen) atoms. The molecule has 0 aliphatic carbocycles. The number of nitrogens with zero attached hydrogens (tertiary/aromatic N) is 1. The van der Waals surface area contributed by atoms with E-state index in [1.165, 1.54) is 29.1 Å². The highest BCUT2D eigenvalue weighted by molar-refractivity contribution is 7.12. The molecule has 0 saturated carbocycles. The zero-order chi connectivity index (χ0) is 15.3. The van der Waals surface area contributed by atoms with Crippen LogP contribution in [0, 0.1) is 0 Å². The summed E-state index contributed by atoms with van der Waals surface area (Å²) in [5.74, 6) is 0. The van der Waals surface area contributed by atoms with Crippen molar-refractivity contribution in [3.05, 3.63) is 21.9 Å². The number of hydrogen-bond acceptors (Lipinski definition) is 4. The molecule has 3 nitrogen and oxygen atoms in total. The van der Waals surface area contributed by atoms with Crippen LogP contribution in [0.5, 0.6) is 0 Å². The van der Waals surface area contributed by atoms with E-state index in [1.54, 1.807) is 7.11 Å². The van der Waals surface area contributed by atoms with Crippen molar-refractivity contribution >= 4 is 11.3 Å². The van der Waals surface area contributed by atoms with Gasteiger partial charge in [0.15, 0.2) is 0 Å². The minimum Gasteiger partial charge on any atom is -0.383 e. The van der Waals surface area contributed by atoms with Crippen LogP contribution in [0.1, 0.15) is 43.4 Å². The van der Waals surface area contributed by atoms with Crippen LogP contribution in [-0.4, -0.2) is 44.3 Å². The van der Waals surface area contributed by atoms with Gasteiger partial charge in [0.25, 0.3) is 0 Å². The van der Waals surface area contributed by atoms with Crippen LogP contribution in [0.2, 0.25) is 0 Å². The molecule has 0 bridgehead atoms. The molecule has 1 aliphatic rings. The number of ether oxygens (including phenoxy) is 1. The van der Waals surface area contributed by atoms with E-state index in [4.69, 9.17) is 4.74 Å². The molecule has 1 unspecified atom stereocenters. The van der Waals surface area contributed by atoms with Crippen LogP contribution >= 0.6 is 11.3 Å². The molecule has 1 fully saturated rings. The minimum absolute atomic E-state index is 0.257. The Balaban J connectivity index is 1.94. The van der Waals surface area contributed by atoms with Crippen LogP contribution in [0.25, 0.3) is 0 Å². The summed E-state index contributed by atoms with van der Waals surface area (Å²) in [7, 11) is 1.79. The van der Waals surface area contributed by atoms with Gasteiger partial charge in [-0.3, -0.25) is 4.90 Å². The highest BCUT2D eigenvalue weighted by Gasteiger charge is 2.20. The van der Waals surface area contributed by atoms with Gasteiger partial charge < -0.3 is 10.1 Å². The smallest absolute Gasteiger partial charge is 0.0589 e. The number of nitrogens with one attached hydrogen (secondary N) is 1. The summed E-state index contributed by atoms with van der Waals surface area (Å²) in [6.45, 7) is 12.0. The van der Waals surface area contributed by atoms with Crippen molar-refractivity contribution < 1.29 is 4.74 Å². The topological polar surface area (TPSA) is 24.5 Å². The van der Waals surface area contributed by atoms with Gasteiger partial charge in [-0.1, -0.05) is 20.8 Å². The lowest BCUT2D eigenvalue weighted by Crippen LogP contribution is -2.38. The van der Waals surface area contributed by atoms with Crippen molar-refractivity contribution in [2.24, 2.45) is 0 Å². The normalized spacial score (nSPS) is 19.6. The molecule has 1 aliphatic heterocycles. The first kappa shape index (κ1) is 16.9. The van der Waals surface area contributed by atoms with Gasteiger partial charge in [-0.15, -0.1) is 11.3 Å². The lowest BCUT2D eigenvalue weighted by atomic mass is 9.95. The first-order valence-corrected chi connectivity index (χ1v) is 8.84. The average molecular weight is 311 g/mol. The first-order chi connectivity index (χ1) is 9.99. The molecule has 0 amide bonds. The third-order valence-electron chi connectivity index (χ3n) is 4.03. The molecular weight excluding hydrogens is 280 g/mol. The maximum absolute atomic E-state index is 5.28. The fourth-order valence-electron chi connectivity index (χ4n) is 2.77. The van der Waals surface area contributed by atoms with Gasteiger partial charge in [-0.2, -0.15) is 0 Å². The van der Waals surface area contributed by atoms with Gasteiger partial charge in [-0.05, 0) is 36.9 Å². The van der Waals surface area contributed by atoms with Crippen molar-refractivity contribution in [2.45, 2.75) is 51.6 Å². The number of methoxy groups -OCH3 is 1. The Labute approximate surface area is 133 Å². The van der Waals surface area contributed by atoms with Crippen molar-refractivity contribution in [1.82, 2.24) is 10.2 Å². The van der Waals surface area contributed by atoms with E-state index in [0.717, 1.165) is 26.2 Å². The molecule has 4 heteroatoms. The van der Waals surface area contributed by atoms with Crippen LogP contribution in [0.3, 0.4) is 0 Å². The van der Waals surface area contributed by atoms with Gasteiger partial charge in [0, 0.05) is 42.5 Å². The fourth-order valence-corrected chi connectivity index (χ4v) is 3.87. The van der Waals surface area contributed by atoms with E-state index in [9.17, 15) is 0 Å². The second-order valence-corrected chi connectivity index (χ2v) is 8.21. The first-order valence-electron chi connectivity index (χ1n) is 8.03. The molecule has 1 aromatic rings. The molecular formula is C17H30N2OS. The summed E-state index contributed by atoms with van der Waals surface area (Å²) in [5, 5.41) is 3.60. The lowest BCUT2D eigenvalue weighted by Gasteiger charge is -2.25. The Kier molecular flexibility index (Phi) is 6.23. The third-order valence-corrected chi connectivity index (χ3v) is 5.53. The molecule has 0 radical (unpaired) electrons. The third kappa shape index (κ3) is 5.37. The van der Waals surface area contributed by atoms with Gasteiger partial charge >= 0.3 is 0 Å². The predicted molar refractivity (Wildman–Crippen MR) is 91.2 cm³/mol. The molecule has 0 spiro atoms. The SMILES string of the molecule is COCCN(Cc1ccc(C(C)(C)C)s1)CC1CCCN1. The highest BCUT2D eigenvalue weighted by Crippen LogP contribution is 2.30.